The molecule has 0 saturated carbocycles. The van der Waals surface area contributed by atoms with Crippen molar-refractivity contribution in [3.8, 4) is 0 Å². The largest absolute Gasteiger partial charge is 0.396 e. The van der Waals surface area contributed by atoms with E-state index in [2.05, 4.69) is 5.32 Å². The predicted molar refractivity (Wildman–Crippen MR) is 85.9 cm³/mol. The normalized spacial score (nSPS) is 14.8. The number of hydrogen-bond donors (Lipinski definition) is 3. The minimum atomic E-state index is -0.501. The lowest BCUT2D eigenvalue weighted by Crippen LogP contribution is -2.46. The molecular formula is C17H28N2O2. The van der Waals surface area contributed by atoms with Crippen LogP contribution in [0.1, 0.15) is 39.2 Å². The number of nitrogens with two attached hydrogens (primary N) is 1. The van der Waals surface area contributed by atoms with E-state index < -0.39 is 6.04 Å². The maximum Gasteiger partial charge on any atom is 0.237 e. The van der Waals surface area contributed by atoms with Gasteiger partial charge in [-0.2, -0.15) is 0 Å². The number of aliphatic hydroxyl groups is 1. The third-order valence-corrected chi connectivity index (χ3v) is 4.05. The summed E-state index contributed by atoms with van der Waals surface area (Å²) in [6.45, 7) is 8.38. The Morgan fingerprint density at radius 1 is 1.29 bits per heavy atom. The van der Waals surface area contributed by atoms with Crippen LogP contribution in [0.5, 0.6) is 0 Å². The molecule has 0 radical (unpaired) electrons. The molecule has 0 fully saturated rings. The molecule has 0 bridgehead atoms. The topological polar surface area (TPSA) is 75.4 Å². The van der Waals surface area contributed by atoms with Gasteiger partial charge in [0.15, 0.2) is 0 Å². The minimum absolute atomic E-state index is 0.0343. The number of amides is 1. The van der Waals surface area contributed by atoms with Gasteiger partial charge in [-0.15, -0.1) is 0 Å². The van der Waals surface area contributed by atoms with Gasteiger partial charge in [0.2, 0.25) is 5.91 Å². The molecule has 0 spiro atoms. The van der Waals surface area contributed by atoms with Gasteiger partial charge in [0.1, 0.15) is 0 Å². The molecule has 4 nitrogen and oxygen atoms in total. The summed E-state index contributed by atoms with van der Waals surface area (Å²) in [6.07, 6.45) is 0. The molecule has 1 unspecified atom stereocenters. The number of carbonyl (C=O) groups is 1. The maximum atomic E-state index is 12.0. The molecular weight excluding hydrogens is 264 g/mol. The van der Waals surface area contributed by atoms with Crippen LogP contribution in [0.15, 0.2) is 30.3 Å². The van der Waals surface area contributed by atoms with E-state index in [0.29, 0.717) is 6.54 Å². The van der Waals surface area contributed by atoms with Crippen LogP contribution in [-0.4, -0.2) is 30.2 Å². The Balaban J connectivity index is 2.83. The lowest BCUT2D eigenvalue weighted by molar-refractivity contribution is -0.123. The van der Waals surface area contributed by atoms with Gasteiger partial charge in [-0.1, -0.05) is 58.0 Å². The third kappa shape index (κ3) is 4.83. The van der Waals surface area contributed by atoms with Crippen LogP contribution >= 0.6 is 0 Å². The number of aliphatic hydroxyl groups excluding tert-OH is 1. The fourth-order valence-electron chi connectivity index (χ4n) is 2.26. The third-order valence-electron chi connectivity index (χ3n) is 4.05. The lowest BCUT2D eigenvalue weighted by atomic mass is 9.75. The quantitative estimate of drug-likeness (QED) is 0.718. The zero-order chi connectivity index (χ0) is 16.0. The first-order valence-electron chi connectivity index (χ1n) is 7.48. The van der Waals surface area contributed by atoms with Crippen LogP contribution < -0.4 is 11.1 Å². The summed E-state index contributed by atoms with van der Waals surface area (Å²) in [5, 5.41) is 12.6. The average Bonchev–Trinajstić information content (AvgIpc) is 2.47. The lowest BCUT2D eigenvalue weighted by Gasteiger charge is -2.33. The monoisotopic (exact) mass is 292 g/mol. The van der Waals surface area contributed by atoms with E-state index in [4.69, 9.17) is 5.73 Å². The van der Waals surface area contributed by atoms with Gasteiger partial charge >= 0.3 is 0 Å². The second kappa shape index (κ2) is 7.57. The Bertz CT molecular complexity index is 443. The summed E-state index contributed by atoms with van der Waals surface area (Å²) in [5.74, 6) is -0.00212. The molecule has 0 aromatic heterocycles. The van der Waals surface area contributed by atoms with E-state index >= 15 is 0 Å². The van der Waals surface area contributed by atoms with E-state index in [1.54, 1.807) is 0 Å². The standard InChI is InChI=1S/C17H28N2O2/c1-12(2)15(18)16(21)19-10-14(17(3,4)11-20)13-8-6-5-7-9-13/h5-9,12,14-15,20H,10-11,18H2,1-4H3,(H,19,21)/t14?,15-/m0/s1. The highest BCUT2D eigenvalue weighted by Gasteiger charge is 2.31. The fraction of sp³-hybridized carbons (Fsp3) is 0.588. The van der Waals surface area contributed by atoms with Gasteiger partial charge in [0, 0.05) is 19.1 Å². The molecule has 0 saturated heterocycles. The van der Waals surface area contributed by atoms with Crippen molar-refractivity contribution in [1.29, 1.82) is 0 Å². The molecule has 118 valence electrons. The van der Waals surface area contributed by atoms with Crippen molar-refractivity contribution >= 4 is 5.91 Å². The van der Waals surface area contributed by atoms with Crippen LogP contribution in [0, 0.1) is 11.3 Å². The summed E-state index contributed by atoms with van der Waals surface area (Å²) in [5.41, 5.74) is 6.65. The highest BCUT2D eigenvalue weighted by molar-refractivity contribution is 5.81. The molecule has 1 rings (SSSR count). The first kappa shape index (κ1) is 17.7. The smallest absolute Gasteiger partial charge is 0.237 e. The first-order chi connectivity index (χ1) is 9.79. The molecule has 4 N–H and O–H groups in total. The second-order valence-electron chi connectivity index (χ2n) is 6.62. The van der Waals surface area contributed by atoms with Gasteiger partial charge in [0.25, 0.3) is 0 Å². The summed E-state index contributed by atoms with van der Waals surface area (Å²) in [6, 6.07) is 9.45. The SMILES string of the molecule is CC(C)[C@H](N)C(=O)NCC(c1ccccc1)C(C)(C)CO. The van der Waals surface area contributed by atoms with Crippen molar-refractivity contribution in [2.75, 3.05) is 13.2 Å². The Kier molecular flexibility index (Phi) is 6.37. The van der Waals surface area contributed by atoms with Crippen molar-refractivity contribution in [2.24, 2.45) is 17.1 Å². The fourth-order valence-corrected chi connectivity index (χ4v) is 2.26. The molecule has 1 aromatic carbocycles. The molecule has 0 heterocycles. The van der Waals surface area contributed by atoms with Gasteiger partial charge in [0.05, 0.1) is 6.04 Å². The Morgan fingerprint density at radius 2 is 1.86 bits per heavy atom. The number of rotatable bonds is 7. The predicted octanol–water partition coefficient (Wildman–Crippen LogP) is 1.89. The summed E-state index contributed by atoms with van der Waals surface area (Å²) >= 11 is 0. The van der Waals surface area contributed by atoms with Crippen LogP contribution in [0.25, 0.3) is 0 Å². The van der Waals surface area contributed by atoms with Crippen LogP contribution in [-0.2, 0) is 4.79 Å². The Morgan fingerprint density at radius 3 is 2.33 bits per heavy atom. The van der Waals surface area contributed by atoms with Gasteiger partial charge in [-0.05, 0) is 16.9 Å². The van der Waals surface area contributed by atoms with Gasteiger partial charge < -0.3 is 16.2 Å². The Labute approximate surface area is 127 Å². The van der Waals surface area contributed by atoms with E-state index in [-0.39, 0.29) is 29.8 Å². The molecule has 4 heteroatoms. The molecule has 0 aliphatic carbocycles. The van der Waals surface area contributed by atoms with Crippen LogP contribution in [0.3, 0.4) is 0 Å². The molecule has 21 heavy (non-hydrogen) atoms. The van der Waals surface area contributed by atoms with Crippen LogP contribution in [0.2, 0.25) is 0 Å². The number of benzene rings is 1. The van der Waals surface area contributed by atoms with E-state index in [1.807, 2.05) is 58.0 Å². The van der Waals surface area contributed by atoms with E-state index in [9.17, 15) is 9.90 Å². The van der Waals surface area contributed by atoms with Gasteiger partial charge in [-0.25, -0.2) is 0 Å². The molecule has 2 atom stereocenters. The average molecular weight is 292 g/mol. The van der Waals surface area contributed by atoms with E-state index in [0.717, 1.165) is 5.56 Å². The maximum absolute atomic E-state index is 12.0. The van der Waals surface area contributed by atoms with Crippen molar-refractivity contribution in [3.05, 3.63) is 35.9 Å². The van der Waals surface area contributed by atoms with Gasteiger partial charge in [-0.3, -0.25) is 4.79 Å². The zero-order valence-electron chi connectivity index (χ0n) is 13.5. The Hall–Kier alpha value is -1.39. The van der Waals surface area contributed by atoms with Crippen LogP contribution in [0.4, 0.5) is 0 Å². The van der Waals surface area contributed by atoms with Crippen molar-refractivity contribution in [1.82, 2.24) is 5.32 Å². The first-order valence-corrected chi connectivity index (χ1v) is 7.48. The molecule has 0 aliphatic rings. The number of hydrogen-bond acceptors (Lipinski definition) is 3. The highest BCUT2D eigenvalue weighted by Crippen LogP contribution is 2.34. The second-order valence-corrected chi connectivity index (χ2v) is 6.62. The van der Waals surface area contributed by atoms with Crippen molar-refractivity contribution < 1.29 is 9.90 Å². The van der Waals surface area contributed by atoms with Crippen molar-refractivity contribution in [2.45, 2.75) is 39.7 Å². The molecule has 1 amide bonds. The molecule has 0 aliphatic heterocycles. The van der Waals surface area contributed by atoms with E-state index in [1.165, 1.54) is 0 Å². The number of carbonyl (C=O) groups excluding carboxylic acids is 1. The summed E-state index contributed by atoms with van der Waals surface area (Å²) in [4.78, 5) is 12.0. The minimum Gasteiger partial charge on any atom is -0.396 e. The summed E-state index contributed by atoms with van der Waals surface area (Å²) < 4.78 is 0. The van der Waals surface area contributed by atoms with Crippen molar-refractivity contribution in [3.63, 3.8) is 0 Å². The number of nitrogens with one attached hydrogen (secondary N) is 1. The molecule has 1 aromatic rings. The summed E-state index contributed by atoms with van der Waals surface area (Å²) in [7, 11) is 0. The zero-order valence-corrected chi connectivity index (χ0v) is 13.5. The highest BCUT2D eigenvalue weighted by atomic mass is 16.3.